The Morgan fingerprint density at radius 3 is 2.20 bits per heavy atom. The summed E-state index contributed by atoms with van der Waals surface area (Å²) in [7, 11) is 0. The lowest BCUT2D eigenvalue weighted by Gasteiger charge is -2.19. The summed E-state index contributed by atoms with van der Waals surface area (Å²) in [4.78, 5) is 15.8. The molecule has 0 spiro atoms. The fourth-order valence-electron chi connectivity index (χ4n) is 2.79. The van der Waals surface area contributed by atoms with Crippen molar-refractivity contribution >= 4 is 17.5 Å². The molecule has 0 aliphatic rings. The Kier molecular flexibility index (Phi) is 6.07. The maximum Gasteiger partial charge on any atom is 0.417 e. The van der Waals surface area contributed by atoms with Crippen LogP contribution < -0.4 is 5.32 Å². The second-order valence-electron chi connectivity index (χ2n) is 6.35. The molecule has 3 rings (SSSR count). The number of hydrogen-bond acceptors (Lipinski definition) is 2. The lowest BCUT2D eigenvalue weighted by atomic mass is 10.1. The van der Waals surface area contributed by atoms with Gasteiger partial charge >= 0.3 is 12.1 Å². The van der Waals surface area contributed by atoms with E-state index >= 15 is 0 Å². The van der Waals surface area contributed by atoms with Gasteiger partial charge in [0.05, 0.1) is 22.7 Å². The zero-order chi connectivity index (χ0) is 21.9. The van der Waals surface area contributed by atoms with E-state index in [1.807, 2.05) is 5.32 Å². The number of halogens is 6. The molecule has 0 aliphatic heterocycles. The standard InChI is InChI=1S/C21H14ClF5N2O/c22-17-10-14(13-6-2-1-3-7-13)11-28-18(17)20(23,24)12-29-19(30)15-8-4-5-9-16(15)21(25,26)27/h1-11H,12H2,(H,29,30). The molecule has 0 saturated carbocycles. The largest absolute Gasteiger partial charge is 0.417 e. The molecule has 0 saturated heterocycles. The van der Waals surface area contributed by atoms with Gasteiger partial charge in [-0.05, 0) is 23.8 Å². The Bertz CT molecular complexity index is 1050. The lowest BCUT2D eigenvalue weighted by molar-refractivity contribution is -0.137. The van der Waals surface area contributed by atoms with Crippen LogP contribution in [-0.2, 0) is 12.1 Å². The Hall–Kier alpha value is -3.00. The Balaban J connectivity index is 1.78. The summed E-state index contributed by atoms with van der Waals surface area (Å²) in [5.41, 5.74) is -1.51. The molecule has 0 bridgehead atoms. The van der Waals surface area contributed by atoms with Gasteiger partial charge in [0, 0.05) is 11.8 Å². The second-order valence-corrected chi connectivity index (χ2v) is 6.76. The Morgan fingerprint density at radius 1 is 0.933 bits per heavy atom. The van der Waals surface area contributed by atoms with Gasteiger partial charge in [-0.1, -0.05) is 54.1 Å². The van der Waals surface area contributed by atoms with Gasteiger partial charge < -0.3 is 5.32 Å². The third kappa shape index (κ3) is 4.76. The first-order valence-electron chi connectivity index (χ1n) is 8.63. The molecule has 3 aromatic rings. The van der Waals surface area contributed by atoms with Crippen LogP contribution in [0.2, 0.25) is 5.02 Å². The molecule has 3 nitrogen and oxygen atoms in total. The summed E-state index contributed by atoms with van der Waals surface area (Å²) < 4.78 is 68.2. The van der Waals surface area contributed by atoms with Crippen LogP contribution in [0.15, 0.2) is 66.9 Å². The summed E-state index contributed by atoms with van der Waals surface area (Å²) in [6.07, 6.45) is -3.58. The van der Waals surface area contributed by atoms with Gasteiger partial charge in [-0.3, -0.25) is 9.78 Å². The van der Waals surface area contributed by atoms with E-state index in [1.54, 1.807) is 30.3 Å². The van der Waals surface area contributed by atoms with Gasteiger partial charge in [-0.25, -0.2) is 0 Å². The molecule has 0 aliphatic carbocycles. The van der Waals surface area contributed by atoms with E-state index in [-0.39, 0.29) is 5.02 Å². The minimum atomic E-state index is -4.80. The molecule has 0 radical (unpaired) electrons. The fourth-order valence-corrected chi connectivity index (χ4v) is 3.10. The summed E-state index contributed by atoms with van der Waals surface area (Å²) in [6.45, 7) is -1.27. The first kappa shape index (κ1) is 21.7. The third-order valence-electron chi connectivity index (χ3n) is 4.24. The van der Waals surface area contributed by atoms with Crippen LogP contribution in [0.4, 0.5) is 22.0 Å². The van der Waals surface area contributed by atoms with Gasteiger partial charge in [-0.2, -0.15) is 22.0 Å². The van der Waals surface area contributed by atoms with Crippen molar-refractivity contribution in [3.63, 3.8) is 0 Å². The van der Waals surface area contributed by atoms with Crippen molar-refractivity contribution in [2.75, 3.05) is 6.54 Å². The predicted molar refractivity (Wildman–Crippen MR) is 102 cm³/mol. The zero-order valence-corrected chi connectivity index (χ0v) is 15.9. The highest BCUT2D eigenvalue weighted by atomic mass is 35.5. The third-order valence-corrected chi connectivity index (χ3v) is 4.53. The fraction of sp³-hybridized carbons (Fsp3) is 0.143. The lowest BCUT2D eigenvalue weighted by Crippen LogP contribution is -2.36. The van der Waals surface area contributed by atoms with Crippen LogP contribution in [0, 0.1) is 0 Å². The second kappa shape index (κ2) is 8.39. The highest BCUT2D eigenvalue weighted by Gasteiger charge is 2.38. The van der Waals surface area contributed by atoms with Crippen LogP contribution in [0.3, 0.4) is 0 Å². The number of rotatable bonds is 5. The highest BCUT2D eigenvalue weighted by molar-refractivity contribution is 6.31. The summed E-state index contributed by atoms with van der Waals surface area (Å²) in [6, 6.07) is 14.1. The zero-order valence-electron chi connectivity index (χ0n) is 15.2. The van der Waals surface area contributed by atoms with Crippen molar-refractivity contribution in [1.29, 1.82) is 0 Å². The van der Waals surface area contributed by atoms with E-state index in [9.17, 15) is 26.7 Å². The number of hydrogen-bond donors (Lipinski definition) is 1. The molecule has 0 unspecified atom stereocenters. The molecule has 30 heavy (non-hydrogen) atoms. The monoisotopic (exact) mass is 440 g/mol. The Morgan fingerprint density at radius 2 is 1.57 bits per heavy atom. The van der Waals surface area contributed by atoms with E-state index in [0.717, 1.165) is 17.7 Å². The van der Waals surface area contributed by atoms with Crippen molar-refractivity contribution in [2.24, 2.45) is 0 Å². The average molecular weight is 441 g/mol. The first-order valence-corrected chi connectivity index (χ1v) is 9.01. The Labute approximate surface area is 173 Å². The van der Waals surface area contributed by atoms with E-state index in [0.29, 0.717) is 11.6 Å². The molecular formula is C21H14ClF5N2O. The maximum absolute atomic E-state index is 14.6. The van der Waals surface area contributed by atoms with E-state index in [2.05, 4.69) is 4.98 Å². The topological polar surface area (TPSA) is 42.0 Å². The normalized spacial score (nSPS) is 11.9. The van der Waals surface area contributed by atoms with Crippen molar-refractivity contribution < 1.29 is 26.7 Å². The van der Waals surface area contributed by atoms with Gasteiger partial charge in [0.25, 0.3) is 5.91 Å². The van der Waals surface area contributed by atoms with Crippen LogP contribution in [0.5, 0.6) is 0 Å². The van der Waals surface area contributed by atoms with Crippen LogP contribution >= 0.6 is 11.6 Å². The molecule has 9 heteroatoms. The summed E-state index contributed by atoms with van der Waals surface area (Å²) >= 11 is 5.98. The van der Waals surface area contributed by atoms with Crippen molar-refractivity contribution in [3.8, 4) is 11.1 Å². The number of pyridine rings is 1. The molecule has 1 heterocycles. The number of amides is 1. The number of alkyl halides is 5. The molecule has 1 N–H and O–H groups in total. The number of nitrogens with zero attached hydrogens (tertiary/aromatic N) is 1. The highest BCUT2D eigenvalue weighted by Crippen LogP contribution is 2.34. The van der Waals surface area contributed by atoms with Gasteiger partial charge in [0.1, 0.15) is 5.69 Å². The summed E-state index contributed by atoms with van der Waals surface area (Å²) in [5, 5.41) is 1.51. The van der Waals surface area contributed by atoms with Crippen LogP contribution in [0.25, 0.3) is 11.1 Å². The van der Waals surface area contributed by atoms with E-state index in [4.69, 9.17) is 11.6 Å². The van der Waals surface area contributed by atoms with Crippen molar-refractivity contribution in [2.45, 2.75) is 12.1 Å². The molecule has 0 atom stereocenters. The van der Waals surface area contributed by atoms with Crippen LogP contribution in [-0.4, -0.2) is 17.4 Å². The predicted octanol–water partition coefficient (Wildman–Crippen LogP) is 5.94. The quantitative estimate of drug-likeness (QED) is 0.499. The SMILES string of the molecule is O=C(NCC(F)(F)c1ncc(-c2ccccc2)cc1Cl)c1ccccc1C(F)(F)F. The van der Waals surface area contributed by atoms with Gasteiger partial charge in [0.2, 0.25) is 0 Å². The minimum absolute atomic E-state index is 0.328. The number of nitrogens with one attached hydrogen (secondary N) is 1. The number of benzene rings is 2. The molecule has 1 aromatic heterocycles. The van der Waals surface area contributed by atoms with Crippen molar-refractivity contribution in [1.82, 2.24) is 10.3 Å². The molecule has 2 aromatic carbocycles. The molecule has 0 fully saturated rings. The van der Waals surface area contributed by atoms with Crippen molar-refractivity contribution in [3.05, 3.63) is 88.7 Å². The number of aromatic nitrogens is 1. The summed E-state index contributed by atoms with van der Waals surface area (Å²) in [5.74, 6) is -4.98. The van der Waals surface area contributed by atoms with Crippen LogP contribution in [0.1, 0.15) is 21.6 Å². The molecule has 1 amide bonds. The van der Waals surface area contributed by atoms with Gasteiger partial charge in [-0.15, -0.1) is 0 Å². The minimum Gasteiger partial charge on any atom is -0.346 e. The van der Waals surface area contributed by atoms with E-state index < -0.39 is 41.4 Å². The molecular weight excluding hydrogens is 427 g/mol. The smallest absolute Gasteiger partial charge is 0.346 e. The number of carbonyl (C=O) groups is 1. The average Bonchev–Trinajstić information content (AvgIpc) is 2.72. The van der Waals surface area contributed by atoms with Gasteiger partial charge in [0.15, 0.2) is 0 Å². The number of carbonyl (C=O) groups excluding carboxylic acids is 1. The maximum atomic E-state index is 14.6. The molecule has 156 valence electrons. The first-order chi connectivity index (χ1) is 14.1. The van der Waals surface area contributed by atoms with E-state index in [1.165, 1.54) is 18.3 Å².